The molecular weight excluding hydrogens is 337 g/mol. The molecule has 0 radical (unpaired) electrons. The first-order chi connectivity index (χ1) is 12.4. The number of hydrogen-bond donors (Lipinski definition) is 2. The summed E-state index contributed by atoms with van der Waals surface area (Å²) in [6, 6.07) is 8.35. The van der Waals surface area contributed by atoms with Crippen molar-refractivity contribution in [2.75, 3.05) is 7.11 Å². The van der Waals surface area contributed by atoms with Crippen LogP contribution in [0, 0.1) is 11.7 Å². The van der Waals surface area contributed by atoms with Crippen molar-refractivity contribution in [1.82, 2.24) is 15.6 Å². The molecule has 2 N–H and O–H groups in total. The summed E-state index contributed by atoms with van der Waals surface area (Å²) in [5.41, 5.74) is 0.701. The van der Waals surface area contributed by atoms with E-state index in [0.29, 0.717) is 5.88 Å². The summed E-state index contributed by atoms with van der Waals surface area (Å²) in [6.45, 7) is 3.87. The number of benzene rings is 1. The lowest BCUT2D eigenvalue weighted by Gasteiger charge is -2.22. The van der Waals surface area contributed by atoms with Crippen molar-refractivity contribution >= 4 is 11.8 Å². The molecule has 0 saturated carbocycles. The van der Waals surface area contributed by atoms with Gasteiger partial charge < -0.3 is 15.4 Å². The van der Waals surface area contributed by atoms with Crippen molar-refractivity contribution in [3.63, 3.8) is 0 Å². The number of carbonyl (C=O) groups is 2. The fourth-order valence-corrected chi connectivity index (χ4v) is 2.33. The average molecular weight is 359 g/mol. The summed E-state index contributed by atoms with van der Waals surface area (Å²) in [5.74, 6) is -1.28. The molecule has 26 heavy (non-hydrogen) atoms. The van der Waals surface area contributed by atoms with Gasteiger partial charge in [0, 0.05) is 18.8 Å². The van der Waals surface area contributed by atoms with Crippen LogP contribution in [0.4, 0.5) is 4.39 Å². The van der Waals surface area contributed by atoms with Gasteiger partial charge in [0.25, 0.3) is 5.91 Å². The van der Waals surface area contributed by atoms with E-state index >= 15 is 0 Å². The number of nitrogens with zero attached hydrogens (tertiary/aromatic N) is 1. The van der Waals surface area contributed by atoms with Gasteiger partial charge in [-0.15, -0.1) is 0 Å². The van der Waals surface area contributed by atoms with E-state index in [0.717, 1.165) is 5.56 Å². The average Bonchev–Trinajstić information content (AvgIpc) is 2.64. The number of pyridine rings is 1. The lowest BCUT2D eigenvalue weighted by Crippen LogP contribution is -2.49. The summed E-state index contributed by atoms with van der Waals surface area (Å²) in [5, 5.41) is 5.36. The third-order valence-electron chi connectivity index (χ3n) is 3.83. The second-order valence-electron chi connectivity index (χ2n) is 6.10. The van der Waals surface area contributed by atoms with Gasteiger partial charge in [-0.05, 0) is 23.6 Å². The monoisotopic (exact) mass is 359 g/mol. The zero-order chi connectivity index (χ0) is 19.1. The highest BCUT2D eigenvalue weighted by molar-refractivity contribution is 5.97. The zero-order valence-electron chi connectivity index (χ0n) is 15.0. The van der Waals surface area contributed by atoms with Crippen LogP contribution in [-0.4, -0.2) is 29.9 Å². The normalized spacial score (nSPS) is 11.7. The Labute approximate surface area is 151 Å². The molecule has 2 amide bonds. The van der Waals surface area contributed by atoms with E-state index in [9.17, 15) is 14.0 Å². The molecule has 0 spiro atoms. The quantitative estimate of drug-likeness (QED) is 0.795. The van der Waals surface area contributed by atoms with Crippen LogP contribution in [0.25, 0.3) is 0 Å². The molecule has 2 aromatic rings. The number of hydrogen-bond acceptors (Lipinski definition) is 4. The Balaban J connectivity index is 2.00. The SMILES string of the molecule is COc1ccc(CNC(=O)C(NC(=O)c2ccccc2F)C(C)C)cn1. The minimum atomic E-state index is -0.784. The Morgan fingerprint density at radius 1 is 1.19 bits per heavy atom. The Kier molecular flexibility index (Phi) is 6.66. The van der Waals surface area contributed by atoms with Gasteiger partial charge in [-0.2, -0.15) is 0 Å². The minimum absolute atomic E-state index is 0.0923. The van der Waals surface area contributed by atoms with Gasteiger partial charge in [0.15, 0.2) is 0 Å². The van der Waals surface area contributed by atoms with Crippen molar-refractivity contribution in [3.8, 4) is 5.88 Å². The number of rotatable bonds is 7. The van der Waals surface area contributed by atoms with E-state index < -0.39 is 17.8 Å². The molecule has 1 atom stereocenters. The molecule has 6 nitrogen and oxygen atoms in total. The highest BCUT2D eigenvalue weighted by Crippen LogP contribution is 2.10. The summed E-state index contributed by atoms with van der Waals surface area (Å²) >= 11 is 0. The van der Waals surface area contributed by atoms with E-state index in [1.807, 2.05) is 0 Å². The lowest BCUT2D eigenvalue weighted by molar-refractivity contribution is -0.124. The number of amides is 2. The number of carbonyl (C=O) groups excluding carboxylic acids is 2. The highest BCUT2D eigenvalue weighted by atomic mass is 19.1. The minimum Gasteiger partial charge on any atom is -0.481 e. The smallest absolute Gasteiger partial charge is 0.254 e. The van der Waals surface area contributed by atoms with Gasteiger partial charge in [-0.3, -0.25) is 9.59 Å². The number of ether oxygens (including phenoxy) is 1. The highest BCUT2D eigenvalue weighted by Gasteiger charge is 2.25. The zero-order valence-corrected chi connectivity index (χ0v) is 15.0. The van der Waals surface area contributed by atoms with E-state index in [4.69, 9.17) is 4.74 Å². The van der Waals surface area contributed by atoms with Crippen molar-refractivity contribution in [2.24, 2.45) is 5.92 Å². The molecule has 0 aliphatic rings. The van der Waals surface area contributed by atoms with Gasteiger partial charge in [-0.25, -0.2) is 9.37 Å². The van der Waals surface area contributed by atoms with Crippen molar-refractivity contribution in [3.05, 3.63) is 59.5 Å². The van der Waals surface area contributed by atoms with Crippen LogP contribution >= 0.6 is 0 Å². The van der Waals surface area contributed by atoms with Crippen LogP contribution in [0.2, 0.25) is 0 Å². The van der Waals surface area contributed by atoms with Crippen LogP contribution in [-0.2, 0) is 11.3 Å². The molecule has 0 aliphatic carbocycles. The molecule has 1 unspecified atom stereocenters. The second kappa shape index (κ2) is 8.94. The Morgan fingerprint density at radius 2 is 1.92 bits per heavy atom. The van der Waals surface area contributed by atoms with Crippen molar-refractivity contribution in [1.29, 1.82) is 0 Å². The van der Waals surface area contributed by atoms with E-state index in [1.165, 1.54) is 25.3 Å². The first kappa shape index (κ1) is 19.4. The van der Waals surface area contributed by atoms with E-state index in [1.54, 1.807) is 38.2 Å². The molecular formula is C19H22FN3O3. The lowest BCUT2D eigenvalue weighted by atomic mass is 10.0. The first-order valence-electron chi connectivity index (χ1n) is 8.24. The van der Waals surface area contributed by atoms with Crippen LogP contribution in [0.1, 0.15) is 29.8 Å². The standard InChI is InChI=1S/C19H22FN3O3/c1-12(2)17(23-18(24)14-6-4-5-7-15(14)20)19(25)22-11-13-8-9-16(26-3)21-10-13/h4-10,12,17H,11H2,1-3H3,(H,22,25)(H,23,24). The van der Waals surface area contributed by atoms with Gasteiger partial charge in [0.2, 0.25) is 11.8 Å². The van der Waals surface area contributed by atoms with Gasteiger partial charge in [0.05, 0.1) is 12.7 Å². The molecule has 1 heterocycles. The van der Waals surface area contributed by atoms with Crippen molar-refractivity contribution < 1.29 is 18.7 Å². The molecule has 0 fully saturated rings. The largest absolute Gasteiger partial charge is 0.481 e. The molecule has 2 rings (SSSR count). The molecule has 0 aliphatic heterocycles. The summed E-state index contributed by atoms with van der Waals surface area (Å²) < 4.78 is 18.7. The predicted molar refractivity (Wildman–Crippen MR) is 95.1 cm³/mol. The molecule has 1 aromatic heterocycles. The number of halogens is 1. The summed E-state index contributed by atoms with van der Waals surface area (Å²) in [6.07, 6.45) is 1.60. The van der Waals surface area contributed by atoms with Gasteiger partial charge >= 0.3 is 0 Å². The molecule has 7 heteroatoms. The van der Waals surface area contributed by atoms with Crippen LogP contribution in [0.5, 0.6) is 5.88 Å². The number of methoxy groups -OCH3 is 1. The van der Waals surface area contributed by atoms with Crippen LogP contribution in [0.3, 0.4) is 0 Å². The van der Waals surface area contributed by atoms with Gasteiger partial charge in [0.1, 0.15) is 11.9 Å². The maximum atomic E-state index is 13.7. The maximum absolute atomic E-state index is 13.7. The fraction of sp³-hybridized carbons (Fsp3) is 0.316. The predicted octanol–water partition coefficient (Wildman–Crippen LogP) is 2.30. The molecule has 0 bridgehead atoms. The summed E-state index contributed by atoms with van der Waals surface area (Å²) in [7, 11) is 1.52. The Hall–Kier alpha value is -2.96. The summed E-state index contributed by atoms with van der Waals surface area (Å²) in [4.78, 5) is 28.8. The molecule has 138 valence electrons. The number of nitrogens with one attached hydrogen (secondary N) is 2. The van der Waals surface area contributed by atoms with Crippen LogP contribution in [0.15, 0.2) is 42.6 Å². The first-order valence-corrected chi connectivity index (χ1v) is 8.24. The van der Waals surface area contributed by atoms with E-state index in [-0.39, 0.29) is 23.9 Å². The third kappa shape index (κ3) is 5.02. The van der Waals surface area contributed by atoms with Crippen LogP contribution < -0.4 is 15.4 Å². The fourth-order valence-electron chi connectivity index (χ4n) is 2.33. The third-order valence-corrected chi connectivity index (χ3v) is 3.83. The van der Waals surface area contributed by atoms with Crippen molar-refractivity contribution in [2.45, 2.75) is 26.4 Å². The topological polar surface area (TPSA) is 80.3 Å². The Morgan fingerprint density at radius 3 is 2.50 bits per heavy atom. The van der Waals surface area contributed by atoms with E-state index in [2.05, 4.69) is 15.6 Å². The van der Waals surface area contributed by atoms with Gasteiger partial charge in [-0.1, -0.05) is 32.0 Å². The Bertz CT molecular complexity index is 763. The second-order valence-corrected chi connectivity index (χ2v) is 6.10. The number of aromatic nitrogens is 1. The maximum Gasteiger partial charge on any atom is 0.254 e. The molecule has 1 aromatic carbocycles. The molecule has 0 saturated heterocycles.